The van der Waals surface area contributed by atoms with E-state index in [1.54, 1.807) is 31.2 Å². The zero-order chi connectivity index (χ0) is 19.3. The Kier molecular flexibility index (Phi) is 6.46. The monoisotopic (exact) mass is 375 g/mol. The first-order chi connectivity index (χ1) is 12.4. The molecule has 1 aromatic carbocycles. The number of esters is 1. The third kappa shape index (κ3) is 4.26. The van der Waals surface area contributed by atoms with E-state index in [1.807, 2.05) is 13.8 Å². The van der Waals surface area contributed by atoms with E-state index in [4.69, 9.17) is 17.0 Å². The van der Waals surface area contributed by atoms with Crippen molar-refractivity contribution in [2.24, 2.45) is 4.99 Å². The molecule has 0 spiro atoms. The van der Waals surface area contributed by atoms with Gasteiger partial charge >= 0.3 is 5.97 Å². The van der Waals surface area contributed by atoms with Crippen molar-refractivity contribution >= 4 is 30.1 Å². The summed E-state index contributed by atoms with van der Waals surface area (Å²) in [4.78, 5) is 30.5. The maximum absolute atomic E-state index is 12.1. The molecule has 2 aromatic rings. The zero-order valence-electron chi connectivity index (χ0n) is 14.9. The highest BCUT2D eigenvalue weighted by Gasteiger charge is 2.14. The lowest BCUT2D eigenvalue weighted by Gasteiger charge is -2.16. The van der Waals surface area contributed by atoms with E-state index >= 15 is 0 Å². The maximum atomic E-state index is 12.1. The van der Waals surface area contributed by atoms with E-state index in [1.165, 1.54) is 10.8 Å². The summed E-state index contributed by atoms with van der Waals surface area (Å²) in [5.74, 6) is -0.632. The Morgan fingerprint density at radius 2 is 2.04 bits per heavy atom. The van der Waals surface area contributed by atoms with Gasteiger partial charge in [0.05, 0.1) is 17.9 Å². The van der Waals surface area contributed by atoms with Crippen LogP contribution in [-0.2, 0) is 4.74 Å². The van der Waals surface area contributed by atoms with Crippen LogP contribution in [0.15, 0.2) is 34.1 Å². The van der Waals surface area contributed by atoms with Crippen LogP contribution in [0.5, 0.6) is 5.88 Å². The summed E-state index contributed by atoms with van der Waals surface area (Å²) in [6.45, 7) is 5.88. The number of carbonyl (C=O) groups excluding carboxylic acids is 1. The molecule has 0 aliphatic heterocycles. The standard InChI is InChI=1S/C18H21N3O4S/c1-4-11(3)21-16(23)14(15(22)20-18(21)26)10-19-13-8-6-12(7-9-13)17(24)25-5-2/h6-11,23H,4-5H2,1-3H3,(H,20,22,26)/t11-/m1/s1. The number of ether oxygens (including phenoxy) is 1. The minimum Gasteiger partial charge on any atom is -0.494 e. The number of aliphatic imine (C=N–C) groups is 1. The van der Waals surface area contributed by atoms with Gasteiger partial charge in [0.1, 0.15) is 5.56 Å². The minimum absolute atomic E-state index is 0.0216. The number of nitrogens with zero attached hydrogens (tertiary/aromatic N) is 2. The van der Waals surface area contributed by atoms with Crippen molar-refractivity contribution in [3.05, 3.63) is 50.5 Å². The molecule has 1 heterocycles. The molecule has 0 unspecified atom stereocenters. The van der Waals surface area contributed by atoms with Crippen molar-refractivity contribution in [2.45, 2.75) is 33.2 Å². The van der Waals surface area contributed by atoms with Crippen LogP contribution in [0.1, 0.15) is 49.2 Å². The molecule has 0 bridgehead atoms. The number of nitrogens with one attached hydrogen (secondary N) is 1. The number of aromatic nitrogens is 2. The first kappa shape index (κ1) is 19.6. The van der Waals surface area contributed by atoms with Gasteiger partial charge in [-0.2, -0.15) is 0 Å². The molecule has 1 aromatic heterocycles. The van der Waals surface area contributed by atoms with E-state index in [-0.39, 0.29) is 22.3 Å². The quantitative estimate of drug-likeness (QED) is 0.457. The second-order valence-electron chi connectivity index (χ2n) is 5.65. The van der Waals surface area contributed by atoms with Gasteiger partial charge in [0.15, 0.2) is 4.77 Å². The van der Waals surface area contributed by atoms with E-state index in [0.29, 0.717) is 17.9 Å². The molecule has 138 valence electrons. The first-order valence-corrected chi connectivity index (χ1v) is 8.68. The first-order valence-electron chi connectivity index (χ1n) is 8.28. The van der Waals surface area contributed by atoms with Gasteiger partial charge < -0.3 is 9.84 Å². The summed E-state index contributed by atoms with van der Waals surface area (Å²) in [6, 6.07) is 6.34. The van der Waals surface area contributed by atoms with Crippen molar-refractivity contribution in [3.63, 3.8) is 0 Å². The Bertz CT molecular complexity index is 929. The number of hydrogen-bond donors (Lipinski definition) is 2. The molecule has 8 heteroatoms. The predicted octanol–water partition coefficient (Wildman–Crippen LogP) is 3.51. The molecule has 0 amide bonds. The molecular weight excluding hydrogens is 354 g/mol. The van der Waals surface area contributed by atoms with Crippen LogP contribution in [0.25, 0.3) is 0 Å². The number of carbonyl (C=O) groups is 1. The van der Waals surface area contributed by atoms with Crippen molar-refractivity contribution in [1.29, 1.82) is 0 Å². The molecular formula is C18H21N3O4S. The average molecular weight is 375 g/mol. The lowest BCUT2D eigenvalue weighted by molar-refractivity contribution is 0.0526. The van der Waals surface area contributed by atoms with Crippen LogP contribution in [0.3, 0.4) is 0 Å². The second-order valence-corrected chi connectivity index (χ2v) is 6.04. The van der Waals surface area contributed by atoms with E-state index < -0.39 is 11.5 Å². The van der Waals surface area contributed by atoms with Gasteiger partial charge in [-0.15, -0.1) is 0 Å². The summed E-state index contributed by atoms with van der Waals surface area (Å²) in [6.07, 6.45) is 2.01. The van der Waals surface area contributed by atoms with Gasteiger partial charge in [0.2, 0.25) is 5.88 Å². The van der Waals surface area contributed by atoms with E-state index in [2.05, 4.69) is 9.98 Å². The Hall–Kier alpha value is -2.74. The van der Waals surface area contributed by atoms with E-state index in [0.717, 1.165) is 6.42 Å². The van der Waals surface area contributed by atoms with Gasteiger partial charge in [0.25, 0.3) is 5.56 Å². The number of benzene rings is 1. The lowest BCUT2D eigenvalue weighted by atomic mass is 10.2. The summed E-state index contributed by atoms with van der Waals surface area (Å²) in [5, 5.41) is 10.4. The van der Waals surface area contributed by atoms with Crippen molar-refractivity contribution in [3.8, 4) is 5.88 Å². The summed E-state index contributed by atoms with van der Waals surface area (Å²) < 4.78 is 6.57. The zero-order valence-corrected chi connectivity index (χ0v) is 15.7. The Balaban J connectivity index is 2.35. The Morgan fingerprint density at radius 1 is 1.38 bits per heavy atom. The summed E-state index contributed by atoms with van der Waals surface area (Å²) in [5.41, 5.74) is 0.443. The fraction of sp³-hybridized carbons (Fsp3) is 0.333. The molecule has 0 saturated carbocycles. The minimum atomic E-state index is -0.515. The van der Waals surface area contributed by atoms with Crippen LogP contribution >= 0.6 is 12.2 Å². The van der Waals surface area contributed by atoms with Crippen LogP contribution in [0.2, 0.25) is 0 Å². The van der Waals surface area contributed by atoms with Gasteiger partial charge in [-0.25, -0.2) is 4.79 Å². The Morgan fingerprint density at radius 3 is 2.62 bits per heavy atom. The van der Waals surface area contributed by atoms with Crippen molar-refractivity contribution < 1.29 is 14.6 Å². The van der Waals surface area contributed by atoms with Gasteiger partial charge in [0, 0.05) is 12.3 Å². The molecule has 0 aliphatic carbocycles. The van der Waals surface area contributed by atoms with Crippen LogP contribution in [0, 0.1) is 4.77 Å². The van der Waals surface area contributed by atoms with Gasteiger partial charge in [-0.3, -0.25) is 19.3 Å². The van der Waals surface area contributed by atoms with Crippen LogP contribution < -0.4 is 5.56 Å². The third-order valence-electron chi connectivity index (χ3n) is 3.91. The fourth-order valence-electron chi connectivity index (χ4n) is 2.30. The highest BCUT2D eigenvalue weighted by molar-refractivity contribution is 7.71. The molecule has 2 N–H and O–H groups in total. The molecule has 0 aliphatic rings. The van der Waals surface area contributed by atoms with Crippen LogP contribution in [-0.4, -0.2) is 33.4 Å². The molecule has 7 nitrogen and oxygen atoms in total. The topological polar surface area (TPSA) is 96.7 Å². The third-order valence-corrected chi connectivity index (χ3v) is 4.20. The maximum Gasteiger partial charge on any atom is 0.338 e. The summed E-state index contributed by atoms with van der Waals surface area (Å²) in [7, 11) is 0. The molecule has 0 radical (unpaired) electrons. The lowest BCUT2D eigenvalue weighted by Crippen LogP contribution is -2.20. The Labute approximate surface area is 156 Å². The number of hydrogen-bond acceptors (Lipinski definition) is 6. The normalized spacial score (nSPS) is 12.3. The highest BCUT2D eigenvalue weighted by atomic mass is 32.1. The predicted molar refractivity (Wildman–Crippen MR) is 102 cm³/mol. The second kappa shape index (κ2) is 8.57. The summed E-state index contributed by atoms with van der Waals surface area (Å²) >= 11 is 5.13. The molecule has 26 heavy (non-hydrogen) atoms. The smallest absolute Gasteiger partial charge is 0.338 e. The number of H-pyrrole nitrogens is 1. The van der Waals surface area contributed by atoms with Crippen molar-refractivity contribution in [2.75, 3.05) is 6.61 Å². The van der Waals surface area contributed by atoms with Gasteiger partial charge in [-0.1, -0.05) is 6.92 Å². The highest BCUT2D eigenvalue weighted by Crippen LogP contribution is 2.21. The number of aromatic hydroxyl groups is 1. The van der Waals surface area contributed by atoms with Crippen LogP contribution in [0.4, 0.5) is 5.69 Å². The average Bonchev–Trinajstić information content (AvgIpc) is 2.61. The fourth-order valence-corrected chi connectivity index (χ4v) is 2.66. The largest absolute Gasteiger partial charge is 0.494 e. The number of aromatic amines is 1. The van der Waals surface area contributed by atoms with Crippen molar-refractivity contribution in [1.82, 2.24) is 9.55 Å². The molecule has 0 fully saturated rings. The SMILES string of the molecule is CCOC(=O)c1ccc(N=Cc2c(O)n([C@H](C)CC)c(=S)[nH]c2=O)cc1. The number of rotatable bonds is 6. The molecule has 2 rings (SSSR count). The molecule has 1 atom stereocenters. The van der Waals surface area contributed by atoms with E-state index in [9.17, 15) is 14.7 Å². The molecule has 0 saturated heterocycles. The van der Waals surface area contributed by atoms with Gasteiger partial charge in [-0.05, 0) is 56.8 Å².